The lowest BCUT2D eigenvalue weighted by Crippen LogP contribution is -2.35. The molecule has 29 heavy (non-hydrogen) atoms. The van der Waals surface area contributed by atoms with Crippen molar-refractivity contribution in [3.8, 4) is 0 Å². The Bertz CT molecular complexity index is 734. The maximum Gasteiger partial charge on any atom is 0.331 e. The number of amides is 1. The van der Waals surface area contributed by atoms with Crippen LogP contribution in [0.3, 0.4) is 0 Å². The second-order valence-electron chi connectivity index (χ2n) is 5.43. The van der Waals surface area contributed by atoms with E-state index in [0.717, 1.165) is 0 Å². The zero-order valence-electron chi connectivity index (χ0n) is 15.4. The van der Waals surface area contributed by atoms with Crippen molar-refractivity contribution in [2.24, 2.45) is 16.5 Å². The summed E-state index contributed by atoms with van der Waals surface area (Å²) in [7, 11) is 0. The molecule has 0 aliphatic rings. The molecule has 0 saturated carbocycles. The minimum Gasteiger partial charge on any atom is -0.460 e. The number of aliphatic hydroxyl groups is 1. The van der Waals surface area contributed by atoms with Crippen LogP contribution in [0.4, 0.5) is 0 Å². The maximum absolute atomic E-state index is 11.9. The van der Waals surface area contributed by atoms with Gasteiger partial charge in [0.05, 0.1) is 0 Å². The molecule has 1 amide bonds. The number of aliphatic hydroxyl groups excluding tert-OH is 1. The molecule has 1 aromatic rings. The fraction of sp³-hybridized carbons (Fsp3) is 0.353. The van der Waals surface area contributed by atoms with Crippen molar-refractivity contribution in [3.05, 3.63) is 35.9 Å². The van der Waals surface area contributed by atoms with Crippen molar-refractivity contribution in [3.63, 3.8) is 0 Å². The number of benzene rings is 1. The topological polar surface area (TPSA) is 193 Å². The molecule has 12 heteroatoms. The van der Waals surface area contributed by atoms with E-state index in [9.17, 15) is 19.2 Å². The largest absolute Gasteiger partial charge is 0.460 e. The highest BCUT2D eigenvalue weighted by Gasteiger charge is 2.19. The molecule has 1 rings (SSSR count). The van der Waals surface area contributed by atoms with Crippen LogP contribution in [0.1, 0.15) is 10.4 Å². The van der Waals surface area contributed by atoms with Gasteiger partial charge in [0.2, 0.25) is 0 Å². The van der Waals surface area contributed by atoms with E-state index in [0.29, 0.717) is 5.56 Å². The molecular formula is C17H22N4O8. The van der Waals surface area contributed by atoms with Crippen LogP contribution in [0.2, 0.25) is 0 Å². The molecule has 0 fully saturated rings. The Morgan fingerprint density at radius 2 is 1.62 bits per heavy atom. The molecule has 0 radical (unpaired) electrons. The number of carbonyl (C=O) groups excluding carboxylic acids is 4. The molecule has 12 nitrogen and oxygen atoms in total. The number of esters is 3. The zero-order valence-corrected chi connectivity index (χ0v) is 15.4. The summed E-state index contributed by atoms with van der Waals surface area (Å²) in [5.74, 6) is -3.44. The third kappa shape index (κ3) is 10.3. The number of ether oxygens (including phenoxy) is 3. The van der Waals surface area contributed by atoms with Gasteiger partial charge in [-0.1, -0.05) is 18.2 Å². The fourth-order valence-corrected chi connectivity index (χ4v) is 1.81. The number of hydrogen-bond acceptors (Lipinski definition) is 9. The van der Waals surface area contributed by atoms with E-state index in [1.165, 1.54) is 0 Å². The number of nitrogens with two attached hydrogens (primary N) is 2. The Hall–Kier alpha value is -3.67. The van der Waals surface area contributed by atoms with Crippen LogP contribution in [-0.2, 0) is 28.6 Å². The van der Waals surface area contributed by atoms with Gasteiger partial charge < -0.3 is 36.1 Å². The van der Waals surface area contributed by atoms with Crippen LogP contribution < -0.4 is 16.8 Å². The lowest BCUT2D eigenvalue weighted by Gasteiger charge is -2.17. The summed E-state index contributed by atoms with van der Waals surface area (Å²) in [6, 6.07) is 8.22. The van der Waals surface area contributed by atoms with Crippen LogP contribution in [-0.4, -0.2) is 73.9 Å². The molecule has 1 aromatic carbocycles. The van der Waals surface area contributed by atoms with E-state index in [2.05, 4.69) is 15.0 Å². The van der Waals surface area contributed by atoms with Crippen LogP contribution in [0.5, 0.6) is 0 Å². The lowest BCUT2D eigenvalue weighted by atomic mass is 10.2. The van der Waals surface area contributed by atoms with Crippen molar-refractivity contribution in [1.29, 1.82) is 0 Å². The Labute approximate surface area is 165 Å². The summed E-state index contributed by atoms with van der Waals surface area (Å²) in [5.41, 5.74) is 10.6. The van der Waals surface area contributed by atoms with Crippen molar-refractivity contribution in [2.75, 3.05) is 32.9 Å². The number of nitrogens with one attached hydrogen (secondary N) is 1. The predicted molar refractivity (Wildman–Crippen MR) is 98.3 cm³/mol. The zero-order chi connectivity index (χ0) is 21.6. The van der Waals surface area contributed by atoms with Gasteiger partial charge >= 0.3 is 17.9 Å². The summed E-state index contributed by atoms with van der Waals surface area (Å²) in [5, 5.41) is 11.0. The second-order valence-corrected chi connectivity index (χ2v) is 5.43. The van der Waals surface area contributed by atoms with E-state index < -0.39 is 62.8 Å². The van der Waals surface area contributed by atoms with E-state index in [4.69, 9.17) is 26.0 Å². The Balaban J connectivity index is 2.50. The van der Waals surface area contributed by atoms with Gasteiger partial charge in [-0.05, 0) is 12.1 Å². The molecule has 1 atom stereocenters. The van der Waals surface area contributed by atoms with E-state index in [-0.39, 0.29) is 5.96 Å². The normalized spacial score (nSPS) is 10.9. The van der Waals surface area contributed by atoms with Crippen LogP contribution in [0, 0.1) is 0 Å². The SMILES string of the molecule is NC(N)=NCC(=O)OC(COC(=O)CO)COC(=O)CNC(=O)c1ccccc1. The van der Waals surface area contributed by atoms with E-state index in [1.807, 2.05) is 0 Å². The first-order valence-electron chi connectivity index (χ1n) is 8.32. The molecule has 1 unspecified atom stereocenters. The number of nitrogens with zero attached hydrogens (tertiary/aromatic N) is 1. The van der Waals surface area contributed by atoms with Gasteiger partial charge in [0.25, 0.3) is 5.91 Å². The number of carbonyl (C=O) groups is 4. The molecule has 0 aromatic heterocycles. The lowest BCUT2D eigenvalue weighted by molar-refractivity contribution is -0.166. The molecule has 0 aliphatic heterocycles. The highest BCUT2D eigenvalue weighted by atomic mass is 16.6. The average molecular weight is 410 g/mol. The standard InChI is InChI=1S/C17H22N4O8/c18-17(19)21-7-14(24)29-12(10-28-15(25)8-22)9-27-13(23)6-20-16(26)11-4-2-1-3-5-11/h1-5,12,22H,6-10H2,(H,20,26)(H4,18,19,21). The van der Waals surface area contributed by atoms with E-state index in [1.54, 1.807) is 30.3 Å². The van der Waals surface area contributed by atoms with Gasteiger partial charge in [-0.25, -0.2) is 9.79 Å². The van der Waals surface area contributed by atoms with Crippen LogP contribution in [0.15, 0.2) is 35.3 Å². The molecule has 0 saturated heterocycles. The smallest absolute Gasteiger partial charge is 0.331 e. The quantitative estimate of drug-likeness (QED) is 0.133. The monoisotopic (exact) mass is 410 g/mol. The van der Waals surface area contributed by atoms with Crippen molar-refractivity contribution >= 4 is 29.8 Å². The summed E-state index contributed by atoms with van der Waals surface area (Å²) in [6.07, 6.45) is -1.17. The van der Waals surface area contributed by atoms with Gasteiger partial charge in [0.15, 0.2) is 12.1 Å². The van der Waals surface area contributed by atoms with Crippen molar-refractivity contribution in [2.45, 2.75) is 6.10 Å². The second kappa shape index (κ2) is 12.7. The van der Waals surface area contributed by atoms with Crippen molar-refractivity contribution < 1.29 is 38.5 Å². The van der Waals surface area contributed by atoms with Crippen LogP contribution >= 0.6 is 0 Å². The predicted octanol–water partition coefficient (Wildman–Crippen LogP) is -2.32. The highest BCUT2D eigenvalue weighted by molar-refractivity contribution is 5.95. The molecule has 158 valence electrons. The number of guanidine groups is 1. The number of hydrogen-bond donors (Lipinski definition) is 4. The summed E-state index contributed by atoms with van der Waals surface area (Å²) >= 11 is 0. The first-order valence-corrected chi connectivity index (χ1v) is 8.32. The Kier molecular flexibility index (Phi) is 10.2. The van der Waals surface area contributed by atoms with Crippen molar-refractivity contribution in [1.82, 2.24) is 5.32 Å². The highest BCUT2D eigenvalue weighted by Crippen LogP contribution is 2.00. The Morgan fingerprint density at radius 3 is 2.21 bits per heavy atom. The Morgan fingerprint density at radius 1 is 1.00 bits per heavy atom. The van der Waals surface area contributed by atoms with Gasteiger partial charge in [0.1, 0.15) is 32.9 Å². The maximum atomic E-state index is 11.9. The van der Waals surface area contributed by atoms with Gasteiger partial charge in [-0.3, -0.25) is 14.4 Å². The fourth-order valence-electron chi connectivity index (χ4n) is 1.81. The number of aliphatic imine (C=N–C) groups is 1. The molecular weight excluding hydrogens is 388 g/mol. The molecule has 0 spiro atoms. The molecule has 0 aliphatic carbocycles. The van der Waals surface area contributed by atoms with E-state index >= 15 is 0 Å². The summed E-state index contributed by atoms with van der Waals surface area (Å²) in [4.78, 5) is 49.8. The molecule has 0 bridgehead atoms. The molecule has 0 heterocycles. The van der Waals surface area contributed by atoms with Gasteiger partial charge in [0, 0.05) is 5.56 Å². The molecule has 6 N–H and O–H groups in total. The first-order chi connectivity index (χ1) is 13.8. The van der Waals surface area contributed by atoms with Gasteiger partial charge in [-0.15, -0.1) is 0 Å². The average Bonchev–Trinajstić information content (AvgIpc) is 2.72. The summed E-state index contributed by atoms with van der Waals surface area (Å²) < 4.78 is 14.5. The number of rotatable bonds is 11. The van der Waals surface area contributed by atoms with Gasteiger partial charge in [-0.2, -0.15) is 0 Å². The minimum absolute atomic E-state index is 0.328. The third-order valence-electron chi connectivity index (χ3n) is 3.11. The third-order valence-corrected chi connectivity index (χ3v) is 3.11. The minimum atomic E-state index is -1.17. The van der Waals surface area contributed by atoms with Crippen LogP contribution in [0.25, 0.3) is 0 Å². The first kappa shape index (κ1) is 23.4. The summed E-state index contributed by atoms with van der Waals surface area (Å²) in [6.45, 7) is -2.74.